The molecular formula is C7H11N3O2. The van der Waals surface area contributed by atoms with Gasteiger partial charge in [-0.1, -0.05) is 0 Å². The van der Waals surface area contributed by atoms with E-state index in [-0.39, 0.29) is 11.6 Å². The molecule has 0 spiro atoms. The minimum Gasteiger partial charge on any atom is -0.493 e. The summed E-state index contributed by atoms with van der Waals surface area (Å²) in [6.07, 6.45) is 0. The summed E-state index contributed by atoms with van der Waals surface area (Å²) in [6, 6.07) is 0. The van der Waals surface area contributed by atoms with E-state index < -0.39 is 0 Å². The average Bonchev–Trinajstić information content (AvgIpc) is 2.33. The predicted octanol–water partition coefficient (Wildman–Crippen LogP) is -1.00. The predicted molar refractivity (Wildman–Crippen MR) is 43.0 cm³/mol. The van der Waals surface area contributed by atoms with Gasteiger partial charge in [0.1, 0.15) is 0 Å². The van der Waals surface area contributed by atoms with Crippen molar-refractivity contribution in [2.45, 2.75) is 13.1 Å². The highest BCUT2D eigenvalue weighted by Gasteiger charge is 2.18. The quantitative estimate of drug-likeness (QED) is 0.523. The smallest absolute Gasteiger partial charge is 0.331 e. The molecule has 5 nitrogen and oxygen atoms in total. The van der Waals surface area contributed by atoms with Crippen LogP contribution in [0.4, 0.5) is 0 Å². The minimum atomic E-state index is -0.135. The van der Waals surface area contributed by atoms with Crippen LogP contribution in [0.2, 0.25) is 0 Å². The molecule has 0 fully saturated rings. The van der Waals surface area contributed by atoms with Crippen molar-refractivity contribution in [1.29, 1.82) is 0 Å². The number of aromatic hydroxyl groups is 1. The number of aromatic nitrogens is 2. The van der Waals surface area contributed by atoms with E-state index in [1.165, 1.54) is 4.57 Å². The van der Waals surface area contributed by atoms with Crippen molar-refractivity contribution in [3.8, 4) is 5.88 Å². The molecule has 1 aliphatic heterocycles. The lowest BCUT2D eigenvalue weighted by atomic mass is 10.3. The Kier molecular flexibility index (Phi) is 1.47. The molecular weight excluding hydrogens is 158 g/mol. The lowest BCUT2D eigenvalue weighted by molar-refractivity contribution is 0.414. The molecule has 12 heavy (non-hydrogen) atoms. The van der Waals surface area contributed by atoms with Crippen LogP contribution in [0.3, 0.4) is 0 Å². The monoisotopic (exact) mass is 169 g/mol. The van der Waals surface area contributed by atoms with Gasteiger partial charge in [-0.2, -0.15) is 0 Å². The van der Waals surface area contributed by atoms with Crippen molar-refractivity contribution in [2.24, 2.45) is 7.05 Å². The first-order chi connectivity index (χ1) is 5.72. The maximum atomic E-state index is 11.4. The van der Waals surface area contributed by atoms with Gasteiger partial charge < -0.3 is 10.4 Å². The van der Waals surface area contributed by atoms with Gasteiger partial charge in [0, 0.05) is 26.7 Å². The molecule has 0 unspecified atom stereocenters. The highest BCUT2D eigenvalue weighted by Crippen LogP contribution is 2.15. The first-order valence-electron chi connectivity index (χ1n) is 3.90. The van der Waals surface area contributed by atoms with Crippen LogP contribution in [0, 0.1) is 0 Å². The Morgan fingerprint density at radius 2 is 2.33 bits per heavy atom. The number of hydrogen-bond donors (Lipinski definition) is 2. The first kappa shape index (κ1) is 7.42. The summed E-state index contributed by atoms with van der Waals surface area (Å²) in [5.74, 6) is 0.0761. The topological polar surface area (TPSA) is 59.2 Å². The van der Waals surface area contributed by atoms with Gasteiger partial charge >= 0.3 is 5.69 Å². The van der Waals surface area contributed by atoms with Gasteiger partial charge in [0.05, 0.1) is 5.69 Å². The van der Waals surface area contributed by atoms with Crippen LogP contribution in [-0.2, 0) is 20.1 Å². The molecule has 1 aromatic heterocycles. The van der Waals surface area contributed by atoms with E-state index in [4.69, 9.17) is 0 Å². The van der Waals surface area contributed by atoms with Crippen molar-refractivity contribution in [3.63, 3.8) is 0 Å². The van der Waals surface area contributed by atoms with Gasteiger partial charge in [-0.05, 0) is 0 Å². The second kappa shape index (κ2) is 2.38. The Hall–Kier alpha value is -1.23. The standard InChI is InChI=1S/C7H11N3O2/c1-9-6(11)5-4-8-2-3-10(5)7(9)12/h8,11H,2-4H2,1H3. The zero-order valence-corrected chi connectivity index (χ0v) is 6.87. The molecule has 5 heteroatoms. The highest BCUT2D eigenvalue weighted by molar-refractivity contribution is 5.21. The highest BCUT2D eigenvalue weighted by atomic mass is 16.3. The van der Waals surface area contributed by atoms with Gasteiger partial charge in [0.2, 0.25) is 5.88 Å². The minimum absolute atomic E-state index is 0.0761. The number of nitrogens with one attached hydrogen (secondary N) is 1. The van der Waals surface area contributed by atoms with E-state index >= 15 is 0 Å². The summed E-state index contributed by atoms with van der Waals surface area (Å²) in [5, 5.41) is 12.6. The average molecular weight is 169 g/mol. The molecule has 0 saturated carbocycles. The summed E-state index contributed by atoms with van der Waals surface area (Å²) in [4.78, 5) is 11.4. The molecule has 1 aliphatic rings. The van der Waals surface area contributed by atoms with Crippen LogP contribution in [0.1, 0.15) is 5.69 Å². The Bertz CT molecular complexity index is 363. The van der Waals surface area contributed by atoms with Gasteiger partial charge in [-0.15, -0.1) is 0 Å². The van der Waals surface area contributed by atoms with Gasteiger partial charge in [0.15, 0.2) is 0 Å². The van der Waals surface area contributed by atoms with Crippen molar-refractivity contribution in [3.05, 3.63) is 16.2 Å². The molecule has 0 aromatic carbocycles. The second-order valence-electron chi connectivity index (χ2n) is 2.94. The summed E-state index contributed by atoms with van der Waals surface area (Å²) < 4.78 is 2.87. The number of fused-ring (bicyclic) bond motifs is 1. The maximum absolute atomic E-state index is 11.4. The Balaban J connectivity index is 2.68. The van der Waals surface area contributed by atoms with Crippen LogP contribution < -0.4 is 11.0 Å². The third-order valence-corrected chi connectivity index (χ3v) is 2.22. The van der Waals surface area contributed by atoms with Gasteiger partial charge in [-0.3, -0.25) is 9.13 Å². The Morgan fingerprint density at radius 3 is 3.00 bits per heavy atom. The van der Waals surface area contributed by atoms with E-state index in [2.05, 4.69) is 5.32 Å². The van der Waals surface area contributed by atoms with Crippen molar-refractivity contribution >= 4 is 0 Å². The van der Waals surface area contributed by atoms with E-state index in [0.29, 0.717) is 18.8 Å². The number of hydrogen-bond acceptors (Lipinski definition) is 3. The number of nitrogens with zero attached hydrogens (tertiary/aromatic N) is 2. The van der Waals surface area contributed by atoms with E-state index in [9.17, 15) is 9.90 Å². The van der Waals surface area contributed by atoms with Crippen LogP contribution in [-0.4, -0.2) is 20.8 Å². The van der Waals surface area contributed by atoms with Crippen molar-refractivity contribution < 1.29 is 5.11 Å². The summed E-state index contributed by atoms with van der Waals surface area (Å²) in [7, 11) is 1.57. The number of rotatable bonds is 0. The molecule has 0 radical (unpaired) electrons. The normalized spacial score (nSPS) is 16.1. The molecule has 0 amide bonds. The second-order valence-corrected chi connectivity index (χ2v) is 2.94. The summed E-state index contributed by atoms with van der Waals surface area (Å²) in [6.45, 7) is 2.00. The largest absolute Gasteiger partial charge is 0.493 e. The zero-order chi connectivity index (χ0) is 8.72. The Morgan fingerprint density at radius 1 is 1.58 bits per heavy atom. The molecule has 2 N–H and O–H groups in total. The summed E-state index contributed by atoms with van der Waals surface area (Å²) >= 11 is 0. The van der Waals surface area contributed by atoms with Crippen LogP contribution in [0.5, 0.6) is 5.88 Å². The fourth-order valence-electron chi connectivity index (χ4n) is 1.50. The van der Waals surface area contributed by atoms with Gasteiger partial charge in [0.25, 0.3) is 0 Å². The Labute approximate surface area is 69.2 Å². The molecule has 1 aromatic rings. The van der Waals surface area contributed by atoms with Crippen LogP contribution in [0.15, 0.2) is 4.79 Å². The van der Waals surface area contributed by atoms with E-state index in [1.54, 1.807) is 11.6 Å². The molecule has 0 aliphatic carbocycles. The van der Waals surface area contributed by atoms with E-state index in [1.807, 2.05) is 0 Å². The molecule has 66 valence electrons. The molecule has 2 rings (SSSR count). The molecule has 0 bridgehead atoms. The lowest BCUT2D eigenvalue weighted by Crippen LogP contribution is -2.33. The SMILES string of the molecule is Cn1c(O)c2n(c1=O)CCNC2. The van der Waals surface area contributed by atoms with Crippen molar-refractivity contribution in [1.82, 2.24) is 14.5 Å². The fourth-order valence-corrected chi connectivity index (χ4v) is 1.50. The van der Waals surface area contributed by atoms with Gasteiger partial charge in [-0.25, -0.2) is 4.79 Å². The third kappa shape index (κ3) is 0.797. The van der Waals surface area contributed by atoms with E-state index in [0.717, 1.165) is 6.54 Å². The van der Waals surface area contributed by atoms with Crippen molar-refractivity contribution in [2.75, 3.05) is 6.54 Å². The third-order valence-electron chi connectivity index (χ3n) is 2.22. The van der Waals surface area contributed by atoms with Crippen LogP contribution in [0.25, 0.3) is 0 Å². The molecule has 0 saturated heterocycles. The first-order valence-corrected chi connectivity index (χ1v) is 3.90. The molecule has 2 heterocycles. The zero-order valence-electron chi connectivity index (χ0n) is 6.87. The molecule has 0 atom stereocenters. The fraction of sp³-hybridized carbons (Fsp3) is 0.571. The number of imidazole rings is 1. The van der Waals surface area contributed by atoms with Crippen LogP contribution >= 0.6 is 0 Å². The lowest BCUT2D eigenvalue weighted by Gasteiger charge is -2.13. The maximum Gasteiger partial charge on any atom is 0.331 e. The summed E-state index contributed by atoms with van der Waals surface area (Å²) in [5.41, 5.74) is 0.553.